The number of carbonyl (C=O) groups is 4. The van der Waals surface area contributed by atoms with Crippen LogP contribution in [0.25, 0.3) is 0 Å². The van der Waals surface area contributed by atoms with Crippen LogP contribution in [0.3, 0.4) is 0 Å². The normalized spacial score (nSPS) is 12.8. The van der Waals surface area contributed by atoms with Crippen molar-refractivity contribution in [3.8, 4) is 0 Å². The van der Waals surface area contributed by atoms with Crippen LogP contribution in [0, 0.1) is 5.92 Å². The van der Waals surface area contributed by atoms with E-state index in [1.54, 1.807) is 38.1 Å². The molecule has 1 aromatic rings. The zero-order valence-electron chi connectivity index (χ0n) is 15.7. The predicted octanol–water partition coefficient (Wildman–Crippen LogP) is 0.956. The zero-order valence-corrected chi connectivity index (χ0v) is 15.7. The van der Waals surface area contributed by atoms with Crippen molar-refractivity contribution in [3.05, 3.63) is 35.9 Å². The topological polar surface area (TPSA) is 102 Å². The summed E-state index contributed by atoms with van der Waals surface area (Å²) >= 11 is 0. The Hall–Kier alpha value is -2.77. The Bertz CT molecular complexity index is 663. The van der Waals surface area contributed by atoms with Crippen LogP contribution in [0.1, 0.15) is 26.3 Å². The maximum Gasteiger partial charge on any atom is 0.303 e. The standard InChI is InChI=1S/C19H25FN2O5/c1-12(2)18(22-17(25)11-27-13(3)23)19(26)21-15(16(24)10-20)9-14-7-5-4-6-8-14/h4-8,12,15,18H,9-11H2,1-3H3,(H,21,26)(H,22,25). The van der Waals surface area contributed by atoms with Gasteiger partial charge >= 0.3 is 5.97 Å². The lowest BCUT2D eigenvalue weighted by atomic mass is 9.99. The third kappa shape index (κ3) is 7.98. The minimum atomic E-state index is -1.21. The van der Waals surface area contributed by atoms with E-state index in [4.69, 9.17) is 0 Å². The largest absolute Gasteiger partial charge is 0.456 e. The smallest absolute Gasteiger partial charge is 0.303 e. The molecule has 0 aliphatic carbocycles. The van der Waals surface area contributed by atoms with E-state index in [0.717, 1.165) is 12.5 Å². The van der Waals surface area contributed by atoms with E-state index >= 15 is 0 Å². The molecule has 27 heavy (non-hydrogen) atoms. The van der Waals surface area contributed by atoms with Crippen molar-refractivity contribution in [1.29, 1.82) is 0 Å². The average Bonchev–Trinajstić information content (AvgIpc) is 2.63. The number of Topliss-reactive ketones (excluding diaryl/α,β-unsaturated/α-hetero) is 1. The lowest BCUT2D eigenvalue weighted by Gasteiger charge is -2.24. The number of ether oxygens (including phenoxy) is 1. The van der Waals surface area contributed by atoms with Crippen LogP contribution in [-0.2, 0) is 30.3 Å². The summed E-state index contributed by atoms with van der Waals surface area (Å²) in [5.41, 5.74) is 0.768. The first kappa shape index (κ1) is 22.3. The van der Waals surface area contributed by atoms with Crippen molar-refractivity contribution in [2.24, 2.45) is 5.92 Å². The third-order valence-corrected chi connectivity index (χ3v) is 3.79. The molecular formula is C19H25FN2O5. The molecule has 0 heterocycles. The summed E-state index contributed by atoms with van der Waals surface area (Å²) < 4.78 is 17.5. The Kier molecular flexibility index (Phi) is 9.12. The number of rotatable bonds is 10. The molecule has 2 atom stereocenters. The highest BCUT2D eigenvalue weighted by atomic mass is 19.1. The van der Waals surface area contributed by atoms with Gasteiger partial charge in [-0.15, -0.1) is 0 Å². The average molecular weight is 380 g/mol. The first-order valence-corrected chi connectivity index (χ1v) is 8.60. The van der Waals surface area contributed by atoms with E-state index in [1.807, 2.05) is 6.07 Å². The molecule has 2 amide bonds. The van der Waals surface area contributed by atoms with Gasteiger partial charge in [0.2, 0.25) is 5.91 Å². The zero-order chi connectivity index (χ0) is 20.4. The minimum Gasteiger partial charge on any atom is -0.456 e. The summed E-state index contributed by atoms with van der Waals surface area (Å²) in [4.78, 5) is 47.1. The van der Waals surface area contributed by atoms with E-state index in [0.29, 0.717) is 0 Å². The van der Waals surface area contributed by atoms with Crippen molar-refractivity contribution in [1.82, 2.24) is 10.6 Å². The SMILES string of the molecule is CC(=O)OCC(=O)NC(C(=O)NC(Cc1ccccc1)C(=O)CF)C(C)C. The van der Waals surface area contributed by atoms with E-state index in [9.17, 15) is 23.6 Å². The summed E-state index contributed by atoms with van der Waals surface area (Å²) in [6, 6.07) is 6.90. The molecule has 8 heteroatoms. The Balaban J connectivity index is 2.81. The van der Waals surface area contributed by atoms with Crippen LogP contribution in [-0.4, -0.2) is 48.9 Å². The van der Waals surface area contributed by atoms with Crippen molar-refractivity contribution in [3.63, 3.8) is 0 Å². The highest BCUT2D eigenvalue weighted by Gasteiger charge is 2.29. The molecule has 148 valence electrons. The maximum atomic E-state index is 12.9. The number of carbonyl (C=O) groups excluding carboxylic acids is 4. The highest BCUT2D eigenvalue weighted by Crippen LogP contribution is 2.07. The molecule has 0 radical (unpaired) electrons. The van der Waals surface area contributed by atoms with E-state index in [-0.39, 0.29) is 12.3 Å². The fourth-order valence-electron chi connectivity index (χ4n) is 2.37. The summed E-state index contributed by atoms with van der Waals surface area (Å²) in [7, 11) is 0. The molecule has 0 saturated carbocycles. The molecule has 7 nitrogen and oxygen atoms in total. The number of benzene rings is 1. The summed E-state index contributed by atoms with van der Waals surface area (Å²) in [5, 5.41) is 4.98. The van der Waals surface area contributed by atoms with Gasteiger partial charge in [-0.3, -0.25) is 19.2 Å². The van der Waals surface area contributed by atoms with E-state index in [1.165, 1.54) is 0 Å². The second-order valence-electron chi connectivity index (χ2n) is 6.42. The Morgan fingerprint density at radius 3 is 2.22 bits per heavy atom. The molecule has 2 unspecified atom stereocenters. The van der Waals surface area contributed by atoms with Crippen LogP contribution in [0.5, 0.6) is 0 Å². The number of amides is 2. The van der Waals surface area contributed by atoms with Crippen molar-refractivity contribution < 1.29 is 28.3 Å². The lowest BCUT2D eigenvalue weighted by molar-refractivity contribution is -0.147. The first-order chi connectivity index (χ1) is 12.7. The van der Waals surface area contributed by atoms with Crippen molar-refractivity contribution in [2.45, 2.75) is 39.3 Å². The van der Waals surface area contributed by atoms with Gasteiger partial charge in [0.05, 0.1) is 6.04 Å². The lowest BCUT2D eigenvalue weighted by Crippen LogP contribution is -2.55. The van der Waals surface area contributed by atoms with Gasteiger partial charge in [-0.1, -0.05) is 44.2 Å². The number of nitrogens with one attached hydrogen (secondary N) is 2. The number of hydrogen-bond acceptors (Lipinski definition) is 5. The van der Waals surface area contributed by atoms with E-state index in [2.05, 4.69) is 15.4 Å². The fraction of sp³-hybridized carbons (Fsp3) is 0.474. The van der Waals surface area contributed by atoms with Crippen LogP contribution in [0.4, 0.5) is 4.39 Å². The molecule has 0 aliphatic heterocycles. The molecule has 0 bridgehead atoms. The Labute approximate surface area is 157 Å². The summed E-state index contributed by atoms with van der Waals surface area (Å²) in [6.45, 7) is 2.86. The maximum absolute atomic E-state index is 12.9. The van der Waals surface area contributed by atoms with Gasteiger partial charge in [-0.2, -0.15) is 0 Å². The van der Waals surface area contributed by atoms with Crippen molar-refractivity contribution in [2.75, 3.05) is 13.3 Å². The molecule has 0 aromatic heterocycles. The second kappa shape index (κ2) is 11.1. The molecular weight excluding hydrogens is 355 g/mol. The molecule has 0 spiro atoms. The molecule has 0 saturated heterocycles. The van der Waals surface area contributed by atoms with Gasteiger partial charge in [0, 0.05) is 6.92 Å². The number of alkyl halides is 1. The van der Waals surface area contributed by atoms with Crippen LogP contribution < -0.4 is 10.6 Å². The fourth-order valence-corrected chi connectivity index (χ4v) is 2.37. The third-order valence-electron chi connectivity index (χ3n) is 3.79. The minimum absolute atomic E-state index is 0.140. The predicted molar refractivity (Wildman–Crippen MR) is 96.5 cm³/mol. The number of hydrogen-bond donors (Lipinski definition) is 2. The van der Waals surface area contributed by atoms with Gasteiger partial charge < -0.3 is 15.4 Å². The van der Waals surface area contributed by atoms with Crippen LogP contribution >= 0.6 is 0 Å². The first-order valence-electron chi connectivity index (χ1n) is 8.60. The monoisotopic (exact) mass is 380 g/mol. The molecule has 1 rings (SSSR count). The van der Waals surface area contributed by atoms with Crippen LogP contribution in [0.15, 0.2) is 30.3 Å². The van der Waals surface area contributed by atoms with Gasteiger partial charge in [-0.05, 0) is 17.9 Å². The number of esters is 1. The van der Waals surface area contributed by atoms with Gasteiger partial charge in [0.15, 0.2) is 12.4 Å². The van der Waals surface area contributed by atoms with Crippen molar-refractivity contribution >= 4 is 23.6 Å². The molecule has 0 aliphatic rings. The van der Waals surface area contributed by atoms with Gasteiger partial charge in [0.1, 0.15) is 12.7 Å². The number of ketones is 1. The Morgan fingerprint density at radius 1 is 1.07 bits per heavy atom. The van der Waals surface area contributed by atoms with Gasteiger partial charge in [0.25, 0.3) is 5.91 Å². The quantitative estimate of drug-likeness (QED) is 0.589. The summed E-state index contributed by atoms with van der Waals surface area (Å²) in [5.74, 6) is -2.92. The second-order valence-corrected chi connectivity index (χ2v) is 6.42. The summed E-state index contributed by atoms with van der Waals surface area (Å²) in [6.07, 6.45) is 0.140. The van der Waals surface area contributed by atoms with Crippen LogP contribution in [0.2, 0.25) is 0 Å². The van der Waals surface area contributed by atoms with E-state index < -0.39 is 48.9 Å². The van der Waals surface area contributed by atoms with Gasteiger partial charge in [-0.25, -0.2) is 4.39 Å². The Morgan fingerprint density at radius 2 is 1.70 bits per heavy atom. The molecule has 2 N–H and O–H groups in total. The highest BCUT2D eigenvalue weighted by molar-refractivity contribution is 5.93. The molecule has 1 aromatic carbocycles. The molecule has 0 fully saturated rings. The number of halogens is 1.